The molecule has 2 N–H and O–H groups in total. The lowest BCUT2D eigenvalue weighted by atomic mass is 10.1. The molecule has 13 nitrogen and oxygen atoms in total. The van der Waals surface area contributed by atoms with Gasteiger partial charge in [-0.3, -0.25) is 14.4 Å². The molecule has 3 aromatic rings. The van der Waals surface area contributed by atoms with Gasteiger partial charge >= 0.3 is 12.1 Å². The molecule has 13 heteroatoms. The topological polar surface area (TPSA) is 160 Å². The van der Waals surface area contributed by atoms with Gasteiger partial charge in [-0.25, -0.2) is 14.8 Å². The van der Waals surface area contributed by atoms with Crippen molar-refractivity contribution >= 4 is 23.9 Å². The van der Waals surface area contributed by atoms with E-state index in [9.17, 15) is 24.3 Å². The van der Waals surface area contributed by atoms with Gasteiger partial charge in [-0.05, 0) is 43.7 Å². The number of hydrogen-bond acceptors (Lipinski definition) is 10. The molecule has 0 aliphatic carbocycles. The van der Waals surface area contributed by atoms with E-state index in [1.54, 1.807) is 26.2 Å². The van der Waals surface area contributed by atoms with E-state index < -0.39 is 30.0 Å². The van der Waals surface area contributed by atoms with Gasteiger partial charge in [-0.15, -0.1) is 5.06 Å². The number of carboxylic acid groups (broad SMARTS) is 1. The summed E-state index contributed by atoms with van der Waals surface area (Å²) in [6, 6.07) is 16.7. The summed E-state index contributed by atoms with van der Waals surface area (Å²) >= 11 is 0. The van der Waals surface area contributed by atoms with Crippen LogP contribution in [0.2, 0.25) is 0 Å². The summed E-state index contributed by atoms with van der Waals surface area (Å²) in [4.78, 5) is 65.8. The Balaban J connectivity index is 1.56. The summed E-state index contributed by atoms with van der Waals surface area (Å²) < 4.78 is 10.0. The first-order valence-electron chi connectivity index (χ1n) is 13.8. The average molecular weight is 592 g/mol. The van der Waals surface area contributed by atoms with Crippen LogP contribution in [-0.2, 0) is 19.2 Å². The number of benzene rings is 2. The van der Waals surface area contributed by atoms with Crippen molar-refractivity contribution in [2.24, 2.45) is 0 Å². The zero-order valence-electron chi connectivity index (χ0n) is 23.9. The fourth-order valence-corrected chi connectivity index (χ4v) is 4.42. The number of carbonyl (C=O) groups is 4. The molecule has 0 saturated carbocycles. The molecule has 2 aromatic carbocycles. The molecule has 0 bridgehead atoms. The van der Waals surface area contributed by atoms with Crippen molar-refractivity contribution in [1.29, 1.82) is 0 Å². The predicted molar refractivity (Wildman–Crippen MR) is 154 cm³/mol. The number of ether oxygens (including phenoxy) is 2. The highest BCUT2D eigenvalue weighted by molar-refractivity contribution is 5.97. The third kappa shape index (κ3) is 8.49. The molecule has 2 amide bonds. The third-order valence-corrected chi connectivity index (χ3v) is 6.64. The molecule has 1 atom stereocenters. The van der Waals surface area contributed by atoms with Crippen molar-refractivity contribution in [3.63, 3.8) is 0 Å². The summed E-state index contributed by atoms with van der Waals surface area (Å²) in [6.07, 6.45) is -1.29. The van der Waals surface area contributed by atoms with E-state index >= 15 is 0 Å². The number of hydroxylamine groups is 2. The SMILES string of the molecule is CCOC(=O)ON1CCN(C(=O)[C@H](CCC(=O)O)NC(=O)c2cc(-c3ccc(OC)cc3)nc(-c3ccccc3)n2)CC1. The summed E-state index contributed by atoms with van der Waals surface area (Å²) in [6.45, 7) is 2.68. The standard InChI is InChI=1S/C30H33N5O8/c1-3-42-30(40)43-35-17-15-34(16-18-35)29(39)23(13-14-26(36)37)33-28(38)25-19-24(20-9-11-22(41-2)12-10-20)31-27(32-25)21-7-5-4-6-8-21/h4-12,19,23H,3,13-18H2,1-2H3,(H,33,38)(H,36,37)/t23-/m0/s1. The second kappa shape index (κ2) is 14.7. The predicted octanol–water partition coefficient (Wildman–Crippen LogP) is 3.01. The maximum absolute atomic E-state index is 13.6. The number of carboxylic acids is 1. The van der Waals surface area contributed by atoms with Crippen LogP contribution in [0.3, 0.4) is 0 Å². The molecular formula is C30H33N5O8. The smallest absolute Gasteiger partial charge is 0.497 e. The van der Waals surface area contributed by atoms with Crippen molar-refractivity contribution in [2.75, 3.05) is 39.9 Å². The van der Waals surface area contributed by atoms with Crippen LogP contribution in [0.1, 0.15) is 30.3 Å². The van der Waals surface area contributed by atoms with Crippen molar-refractivity contribution in [2.45, 2.75) is 25.8 Å². The van der Waals surface area contributed by atoms with Gasteiger partial charge in [0.2, 0.25) is 5.91 Å². The molecule has 0 spiro atoms. The van der Waals surface area contributed by atoms with Gasteiger partial charge in [0.25, 0.3) is 5.91 Å². The molecule has 1 saturated heterocycles. The van der Waals surface area contributed by atoms with E-state index in [0.29, 0.717) is 22.8 Å². The number of aliphatic carboxylic acids is 1. The number of nitrogens with one attached hydrogen (secondary N) is 1. The van der Waals surface area contributed by atoms with Gasteiger partial charge in [-0.1, -0.05) is 30.3 Å². The molecule has 0 unspecified atom stereocenters. The van der Waals surface area contributed by atoms with Crippen molar-refractivity contribution < 1.29 is 38.6 Å². The summed E-state index contributed by atoms with van der Waals surface area (Å²) in [5.74, 6) is -1.23. The van der Waals surface area contributed by atoms with E-state index in [4.69, 9.17) is 14.3 Å². The minimum Gasteiger partial charge on any atom is -0.497 e. The van der Waals surface area contributed by atoms with E-state index in [-0.39, 0.29) is 51.3 Å². The van der Waals surface area contributed by atoms with Gasteiger partial charge in [0.1, 0.15) is 17.5 Å². The molecular weight excluding hydrogens is 558 g/mol. The molecule has 1 fully saturated rings. The Labute approximate surface area is 248 Å². The maximum Gasteiger partial charge on any atom is 0.527 e. The van der Waals surface area contributed by atoms with Gasteiger partial charge in [0.15, 0.2) is 5.82 Å². The Morgan fingerprint density at radius 3 is 2.28 bits per heavy atom. The number of aromatic nitrogens is 2. The lowest BCUT2D eigenvalue weighted by Crippen LogP contribution is -2.55. The first-order valence-corrected chi connectivity index (χ1v) is 13.8. The zero-order chi connectivity index (χ0) is 30.8. The number of hydrogen-bond donors (Lipinski definition) is 2. The Kier molecular flexibility index (Phi) is 10.6. The average Bonchev–Trinajstić information content (AvgIpc) is 3.03. The van der Waals surface area contributed by atoms with Crippen molar-refractivity contribution in [1.82, 2.24) is 25.2 Å². The highest BCUT2D eigenvalue weighted by Crippen LogP contribution is 2.25. The number of nitrogens with zero attached hydrogens (tertiary/aromatic N) is 4. The summed E-state index contributed by atoms with van der Waals surface area (Å²) in [5, 5.41) is 13.4. The number of piperazine rings is 1. The Morgan fingerprint density at radius 1 is 0.953 bits per heavy atom. The second-order valence-corrected chi connectivity index (χ2v) is 9.54. The molecule has 1 aliphatic heterocycles. The van der Waals surface area contributed by atoms with E-state index in [0.717, 1.165) is 5.56 Å². The lowest BCUT2D eigenvalue weighted by Gasteiger charge is -2.35. The molecule has 4 rings (SSSR count). The highest BCUT2D eigenvalue weighted by Gasteiger charge is 2.31. The maximum atomic E-state index is 13.6. The van der Waals surface area contributed by atoms with Crippen LogP contribution < -0.4 is 10.1 Å². The number of carbonyl (C=O) groups excluding carboxylic acids is 3. The summed E-state index contributed by atoms with van der Waals surface area (Å²) in [7, 11) is 1.56. The third-order valence-electron chi connectivity index (χ3n) is 6.64. The second-order valence-electron chi connectivity index (χ2n) is 9.54. The first kappa shape index (κ1) is 30.9. The van der Waals surface area contributed by atoms with E-state index in [1.165, 1.54) is 16.0 Å². The quantitative estimate of drug-likeness (QED) is 0.316. The van der Waals surface area contributed by atoms with Crippen LogP contribution in [0.5, 0.6) is 5.75 Å². The van der Waals surface area contributed by atoms with Gasteiger partial charge < -0.3 is 29.6 Å². The van der Waals surface area contributed by atoms with Crippen LogP contribution in [-0.4, -0.2) is 94.9 Å². The number of rotatable bonds is 11. The molecule has 2 heterocycles. The van der Waals surface area contributed by atoms with E-state index in [1.807, 2.05) is 42.5 Å². The number of methoxy groups -OCH3 is 1. The van der Waals surface area contributed by atoms with Crippen molar-refractivity contribution in [3.05, 3.63) is 66.4 Å². The Hall–Kier alpha value is -5.04. The lowest BCUT2D eigenvalue weighted by molar-refractivity contribution is -0.157. The molecule has 1 aromatic heterocycles. The minimum atomic E-state index is -1.12. The van der Waals surface area contributed by atoms with Crippen LogP contribution >= 0.6 is 0 Å². The van der Waals surface area contributed by atoms with Crippen LogP contribution in [0.25, 0.3) is 22.6 Å². The molecule has 43 heavy (non-hydrogen) atoms. The monoisotopic (exact) mass is 591 g/mol. The van der Waals surface area contributed by atoms with Crippen LogP contribution in [0.15, 0.2) is 60.7 Å². The largest absolute Gasteiger partial charge is 0.527 e. The van der Waals surface area contributed by atoms with Crippen LogP contribution in [0, 0.1) is 0 Å². The van der Waals surface area contributed by atoms with Gasteiger partial charge in [0, 0.05) is 30.6 Å². The van der Waals surface area contributed by atoms with Gasteiger partial charge in [0.05, 0.1) is 32.5 Å². The molecule has 0 radical (unpaired) electrons. The van der Waals surface area contributed by atoms with Crippen molar-refractivity contribution in [3.8, 4) is 28.4 Å². The fourth-order valence-electron chi connectivity index (χ4n) is 4.42. The zero-order valence-corrected chi connectivity index (χ0v) is 23.9. The van der Waals surface area contributed by atoms with Crippen LogP contribution in [0.4, 0.5) is 4.79 Å². The normalized spacial score (nSPS) is 14.0. The number of amides is 2. The fraction of sp³-hybridized carbons (Fsp3) is 0.333. The molecule has 226 valence electrons. The van der Waals surface area contributed by atoms with Gasteiger partial charge in [-0.2, -0.15) is 0 Å². The Bertz CT molecular complexity index is 1430. The molecule has 1 aliphatic rings. The van der Waals surface area contributed by atoms with E-state index in [2.05, 4.69) is 15.3 Å². The Morgan fingerprint density at radius 2 is 1.65 bits per heavy atom. The summed E-state index contributed by atoms with van der Waals surface area (Å²) in [5.41, 5.74) is 1.90. The highest BCUT2D eigenvalue weighted by atomic mass is 16.8. The first-order chi connectivity index (χ1) is 20.8. The minimum absolute atomic E-state index is 0.0143.